The summed E-state index contributed by atoms with van der Waals surface area (Å²) in [6.45, 7) is 1.75. The van der Waals surface area contributed by atoms with Crippen molar-refractivity contribution in [2.24, 2.45) is 0 Å². The molecule has 0 atom stereocenters. The number of halogens is 3. The maximum atomic E-state index is 12.3. The summed E-state index contributed by atoms with van der Waals surface area (Å²) in [5, 5.41) is 15.9. The summed E-state index contributed by atoms with van der Waals surface area (Å²) in [6, 6.07) is 7.46. The van der Waals surface area contributed by atoms with Crippen molar-refractivity contribution in [3.63, 3.8) is 0 Å². The lowest BCUT2D eigenvalue weighted by atomic mass is 10.2. The molecule has 8 heteroatoms. The molecule has 0 saturated heterocycles. The third-order valence-corrected chi connectivity index (χ3v) is 4.48. The lowest BCUT2D eigenvalue weighted by Gasteiger charge is -2.37. The first-order valence-corrected chi connectivity index (χ1v) is 7.37. The molecule has 2 amide bonds. The highest BCUT2D eigenvalue weighted by molar-refractivity contribution is 6.42. The number of carbonyl (C=O) groups is 1. The van der Waals surface area contributed by atoms with Crippen LogP contribution in [0.3, 0.4) is 0 Å². The highest BCUT2D eigenvalue weighted by atomic mass is 35.5. The van der Waals surface area contributed by atoms with E-state index in [-0.39, 0.29) is 10.0 Å². The molecule has 0 radical (unpaired) electrons. The number of nitrogens with one attached hydrogen (secondary N) is 1. The van der Waals surface area contributed by atoms with Gasteiger partial charge in [-0.15, -0.1) is 0 Å². The zero-order chi connectivity index (χ0) is 16.0. The molecule has 0 aliphatic carbocycles. The molecule has 1 aliphatic rings. The van der Waals surface area contributed by atoms with Crippen LogP contribution in [-0.2, 0) is 0 Å². The third-order valence-electron chi connectivity index (χ3n) is 3.34. The van der Waals surface area contributed by atoms with Crippen molar-refractivity contribution >= 4 is 57.9 Å². The predicted molar refractivity (Wildman–Crippen MR) is 88.4 cm³/mol. The Morgan fingerprint density at radius 2 is 1.73 bits per heavy atom. The predicted octanol–water partition coefficient (Wildman–Crippen LogP) is 5.12. The van der Waals surface area contributed by atoms with E-state index in [0.717, 1.165) is 10.2 Å². The summed E-state index contributed by atoms with van der Waals surface area (Å²) in [4.78, 5) is 12.3. The standard InChI is InChI=1S/C14H10Cl3N3O2/c1-7-8(15)3-2-4-12(7)19-14(21)18-11-5-9(16)10(17)6-13(11)20(19)22/h2-6,22H,1H3,(H,18,21). The quantitative estimate of drug-likeness (QED) is 0.744. The Morgan fingerprint density at radius 3 is 2.45 bits per heavy atom. The van der Waals surface area contributed by atoms with Gasteiger partial charge in [-0.05, 0) is 36.8 Å². The molecular weight excluding hydrogens is 349 g/mol. The number of hydrogen-bond acceptors (Lipinski definition) is 3. The van der Waals surface area contributed by atoms with E-state index in [9.17, 15) is 10.0 Å². The first kappa shape index (κ1) is 15.2. The van der Waals surface area contributed by atoms with E-state index in [2.05, 4.69) is 5.32 Å². The van der Waals surface area contributed by atoms with Gasteiger partial charge >= 0.3 is 6.03 Å². The molecule has 22 heavy (non-hydrogen) atoms. The van der Waals surface area contributed by atoms with Gasteiger partial charge < -0.3 is 5.32 Å². The van der Waals surface area contributed by atoms with Crippen LogP contribution >= 0.6 is 34.8 Å². The summed E-state index contributed by atoms with van der Waals surface area (Å²) in [5.74, 6) is 0. The van der Waals surface area contributed by atoms with E-state index < -0.39 is 6.03 Å². The average Bonchev–Trinajstić information content (AvgIpc) is 2.46. The Labute approximate surface area is 141 Å². The molecule has 0 fully saturated rings. The lowest BCUT2D eigenvalue weighted by Crippen LogP contribution is -2.51. The fourth-order valence-electron chi connectivity index (χ4n) is 2.20. The minimum Gasteiger partial charge on any atom is -0.304 e. The zero-order valence-corrected chi connectivity index (χ0v) is 13.5. The Bertz CT molecular complexity index is 782. The number of fused-ring (bicyclic) bond motifs is 1. The fourth-order valence-corrected chi connectivity index (χ4v) is 2.69. The number of rotatable bonds is 1. The van der Waals surface area contributed by atoms with Crippen molar-refractivity contribution in [1.82, 2.24) is 0 Å². The van der Waals surface area contributed by atoms with Gasteiger partial charge in [-0.3, -0.25) is 5.21 Å². The molecule has 2 aromatic carbocycles. The molecule has 1 heterocycles. The smallest absolute Gasteiger partial charge is 0.304 e. The van der Waals surface area contributed by atoms with Crippen LogP contribution in [0.4, 0.5) is 21.9 Å². The molecule has 0 spiro atoms. The van der Waals surface area contributed by atoms with E-state index >= 15 is 0 Å². The Morgan fingerprint density at radius 1 is 1.05 bits per heavy atom. The minimum atomic E-state index is -0.543. The number of amides is 2. The van der Waals surface area contributed by atoms with E-state index in [0.29, 0.717) is 27.6 Å². The monoisotopic (exact) mass is 357 g/mol. The minimum absolute atomic E-state index is 0.262. The van der Waals surface area contributed by atoms with Gasteiger partial charge in [-0.25, -0.2) is 4.79 Å². The molecule has 0 aromatic heterocycles. The second-order valence-electron chi connectivity index (χ2n) is 4.70. The second kappa shape index (κ2) is 5.52. The molecule has 1 aliphatic heterocycles. The Kier molecular flexibility index (Phi) is 3.82. The summed E-state index contributed by atoms with van der Waals surface area (Å²) in [6.07, 6.45) is 0. The van der Waals surface area contributed by atoms with Gasteiger partial charge in [0.05, 0.1) is 21.4 Å². The highest BCUT2D eigenvalue weighted by Crippen LogP contribution is 2.39. The molecule has 114 valence electrons. The maximum Gasteiger partial charge on any atom is 0.347 e. The van der Waals surface area contributed by atoms with E-state index in [1.807, 2.05) is 0 Å². The van der Waals surface area contributed by atoms with Crippen molar-refractivity contribution in [1.29, 1.82) is 0 Å². The fraction of sp³-hybridized carbons (Fsp3) is 0.0714. The number of nitrogens with zero attached hydrogens (tertiary/aromatic N) is 2. The van der Waals surface area contributed by atoms with Crippen molar-refractivity contribution in [2.45, 2.75) is 6.92 Å². The average molecular weight is 359 g/mol. The molecule has 0 saturated carbocycles. The number of benzene rings is 2. The molecule has 0 bridgehead atoms. The van der Waals surface area contributed by atoms with Crippen LogP contribution < -0.4 is 15.5 Å². The first-order valence-electron chi connectivity index (χ1n) is 6.24. The third kappa shape index (κ3) is 2.36. The molecule has 5 nitrogen and oxygen atoms in total. The normalized spacial score (nSPS) is 14.0. The van der Waals surface area contributed by atoms with Gasteiger partial charge in [0, 0.05) is 5.02 Å². The van der Waals surface area contributed by atoms with Crippen molar-refractivity contribution in [2.75, 3.05) is 15.5 Å². The first-order chi connectivity index (χ1) is 10.4. The summed E-state index contributed by atoms with van der Waals surface area (Å²) in [7, 11) is 0. The molecule has 2 N–H and O–H groups in total. The van der Waals surface area contributed by atoms with Crippen LogP contribution in [0.15, 0.2) is 30.3 Å². The van der Waals surface area contributed by atoms with Crippen LogP contribution in [-0.4, -0.2) is 11.2 Å². The van der Waals surface area contributed by atoms with Crippen molar-refractivity contribution in [3.8, 4) is 0 Å². The van der Waals surface area contributed by atoms with Gasteiger partial charge in [0.2, 0.25) is 0 Å². The molecular formula is C14H10Cl3N3O2. The number of urea groups is 1. The number of hydrogen-bond donors (Lipinski definition) is 2. The van der Waals surface area contributed by atoms with E-state index in [1.54, 1.807) is 25.1 Å². The maximum absolute atomic E-state index is 12.3. The van der Waals surface area contributed by atoms with E-state index in [1.165, 1.54) is 12.1 Å². The SMILES string of the molecule is Cc1c(Cl)cccc1N1C(=O)Nc2cc(Cl)c(Cl)cc2N1O. The Balaban J connectivity index is 2.13. The number of anilines is 3. The topological polar surface area (TPSA) is 55.8 Å². The number of carbonyl (C=O) groups excluding carboxylic acids is 1. The van der Waals surface area contributed by atoms with Gasteiger partial charge in [0.15, 0.2) is 0 Å². The van der Waals surface area contributed by atoms with Crippen molar-refractivity contribution < 1.29 is 10.0 Å². The Hall–Kier alpha value is -1.66. The summed E-state index contributed by atoms with van der Waals surface area (Å²) >= 11 is 18.0. The van der Waals surface area contributed by atoms with Gasteiger partial charge in [0.25, 0.3) is 0 Å². The van der Waals surface area contributed by atoms with Gasteiger partial charge in [0.1, 0.15) is 5.69 Å². The largest absolute Gasteiger partial charge is 0.347 e. The lowest BCUT2D eigenvalue weighted by molar-refractivity contribution is 0.221. The molecule has 0 unspecified atom stereocenters. The van der Waals surface area contributed by atoms with Gasteiger partial charge in [-0.1, -0.05) is 40.9 Å². The second-order valence-corrected chi connectivity index (χ2v) is 5.92. The highest BCUT2D eigenvalue weighted by Gasteiger charge is 2.32. The van der Waals surface area contributed by atoms with Crippen LogP contribution in [0.25, 0.3) is 0 Å². The summed E-state index contributed by atoms with van der Waals surface area (Å²) in [5.41, 5.74) is 1.76. The van der Waals surface area contributed by atoms with E-state index in [4.69, 9.17) is 34.8 Å². The van der Waals surface area contributed by atoms with Gasteiger partial charge in [-0.2, -0.15) is 10.2 Å². The molecule has 3 rings (SSSR count). The zero-order valence-electron chi connectivity index (χ0n) is 11.3. The van der Waals surface area contributed by atoms with Crippen LogP contribution in [0.1, 0.15) is 5.56 Å². The summed E-state index contributed by atoms with van der Waals surface area (Å²) < 4.78 is 0. The van der Waals surface area contributed by atoms with Crippen molar-refractivity contribution in [3.05, 3.63) is 51.0 Å². The van der Waals surface area contributed by atoms with Crippen LogP contribution in [0, 0.1) is 6.92 Å². The number of hydrazine groups is 1. The van der Waals surface area contributed by atoms with Crippen LogP contribution in [0.2, 0.25) is 15.1 Å². The van der Waals surface area contributed by atoms with Crippen LogP contribution in [0.5, 0.6) is 0 Å². The molecule has 2 aromatic rings.